The Morgan fingerprint density at radius 3 is 2.11 bits per heavy atom. The van der Waals surface area contributed by atoms with Gasteiger partial charge in [0.1, 0.15) is 5.75 Å². The van der Waals surface area contributed by atoms with Crippen LogP contribution in [-0.2, 0) is 12.6 Å². The van der Waals surface area contributed by atoms with Gasteiger partial charge in [-0.3, -0.25) is 9.59 Å². The number of aromatic nitrogens is 2. The van der Waals surface area contributed by atoms with Crippen molar-refractivity contribution in [2.24, 2.45) is 7.05 Å². The van der Waals surface area contributed by atoms with E-state index in [0.717, 1.165) is 0 Å². The lowest BCUT2D eigenvalue weighted by atomic mass is 10.1. The Morgan fingerprint density at radius 1 is 1.05 bits per heavy atom. The van der Waals surface area contributed by atoms with Crippen LogP contribution in [0.4, 0.5) is 0 Å². The number of hydrogen-bond donors (Lipinski definition) is 1. The fraction of sp³-hybridized carbons (Fsp3) is 0.429. The SMILES string of the molecule is Cc1cc2c(=O)n(C)n(C(C)(C)C)c(=O)c2cc1O. The Labute approximate surface area is 110 Å². The van der Waals surface area contributed by atoms with Crippen molar-refractivity contribution in [3.63, 3.8) is 0 Å². The smallest absolute Gasteiger partial charge is 0.273 e. The highest BCUT2D eigenvalue weighted by Crippen LogP contribution is 2.21. The van der Waals surface area contributed by atoms with Crippen LogP contribution in [0.3, 0.4) is 0 Å². The van der Waals surface area contributed by atoms with Crippen molar-refractivity contribution >= 4 is 10.8 Å². The predicted octanol–water partition coefficient (Wildman–Crippen LogP) is 1.47. The van der Waals surface area contributed by atoms with Gasteiger partial charge in [0.15, 0.2) is 0 Å². The minimum absolute atomic E-state index is 0.0262. The molecule has 0 aliphatic carbocycles. The van der Waals surface area contributed by atoms with Crippen molar-refractivity contribution in [1.29, 1.82) is 0 Å². The molecule has 0 saturated heterocycles. The minimum Gasteiger partial charge on any atom is -0.508 e. The summed E-state index contributed by atoms with van der Waals surface area (Å²) in [4.78, 5) is 24.8. The molecule has 0 atom stereocenters. The van der Waals surface area contributed by atoms with Crippen LogP contribution in [0.25, 0.3) is 10.8 Å². The highest BCUT2D eigenvalue weighted by molar-refractivity contribution is 5.83. The molecule has 2 rings (SSSR count). The molecule has 0 aliphatic rings. The lowest BCUT2D eigenvalue weighted by Gasteiger charge is -2.25. The van der Waals surface area contributed by atoms with Gasteiger partial charge in [-0.05, 0) is 45.4 Å². The molecule has 1 aromatic heterocycles. The van der Waals surface area contributed by atoms with Crippen LogP contribution in [-0.4, -0.2) is 14.5 Å². The maximum absolute atomic E-state index is 12.5. The monoisotopic (exact) mass is 262 g/mol. The normalized spacial score (nSPS) is 12.1. The Balaban J connectivity index is 3.11. The molecular weight excluding hydrogens is 244 g/mol. The van der Waals surface area contributed by atoms with Crippen LogP contribution in [0.15, 0.2) is 21.7 Å². The highest BCUT2D eigenvalue weighted by atomic mass is 16.3. The molecule has 1 heterocycles. The second-order valence-electron chi connectivity index (χ2n) is 5.80. The van der Waals surface area contributed by atoms with E-state index in [9.17, 15) is 14.7 Å². The van der Waals surface area contributed by atoms with Gasteiger partial charge >= 0.3 is 0 Å². The molecule has 0 saturated carbocycles. The zero-order valence-corrected chi connectivity index (χ0v) is 11.8. The van der Waals surface area contributed by atoms with E-state index in [1.165, 1.54) is 15.4 Å². The molecule has 102 valence electrons. The van der Waals surface area contributed by atoms with Gasteiger partial charge < -0.3 is 5.11 Å². The summed E-state index contributed by atoms with van der Waals surface area (Å²) < 4.78 is 2.74. The summed E-state index contributed by atoms with van der Waals surface area (Å²) in [5.41, 5.74) is -0.454. The second-order valence-corrected chi connectivity index (χ2v) is 5.80. The fourth-order valence-corrected chi connectivity index (χ4v) is 2.32. The van der Waals surface area contributed by atoms with Gasteiger partial charge in [0.05, 0.1) is 16.3 Å². The number of nitrogens with zero attached hydrogens (tertiary/aromatic N) is 2. The number of aromatic hydroxyl groups is 1. The van der Waals surface area contributed by atoms with Crippen LogP contribution in [0.5, 0.6) is 5.75 Å². The van der Waals surface area contributed by atoms with E-state index in [-0.39, 0.29) is 22.3 Å². The van der Waals surface area contributed by atoms with Gasteiger partial charge in [0.25, 0.3) is 11.1 Å². The van der Waals surface area contributed by atoms with E-state index < -0.39 is 5.54 Å². The van der Waals surface area contributed by atoms with Gasteiger partial charge in [-0.1, -0.05) is 0 Å². The molecule has 0 fully saturated rings. The lowest BCUT2D eigenvalue weighted by molar-refractivity contribution is 0.290. The first-order chi connectivity index (χ1) is 8.64. The minimum atomic E-state index is -0.514. The summed E-state index contributed by atoms with van der Waals surface area (Å²) in [7, 11) is 1.58. The third-order valence-electron chi connectivity index (χ3n) is 3.22. The van der Waals surface area contributed by atoms with E-state index in [4.69, 9.17) is 0 Å². The maximum Gasteiger partial charge on any atom is 0.273 e. The molecule has 1 N–H and O–H groups in total. The van der Waals surface area contributed by atoms with Crippen molar-refractivity contribution in [1.82, 2.24) is 9.36 Å². The van der Waals surface area contributed by atoms with Crippen LogP contribution < -0.4 is 11.1 Å². The maximum atomic E-state index is 12.5. The number of phenols is 1. The summed E-state index contributed by atoms with van der Waals surface area (Å²) >= 11 is 0. The van der Waals surface area contributed by atoms with Crippen molar-refractivity contribution in [3.05, 3.63) is 38.4 Å². The summed E-state index contributed by atoms with van der Waals surface area (Å²) in [6.45, 7) is 7.26. The van der Waals surface area contributed by atoms with E-state index >= 15 is 0 Å². The second kappa shape index (κ2) is 3.98. The van der Waals surface area contributed by atoms with Crippen molar-refractivity contribution < 1.29 is 5.11 Å². The Bertz CT molecular complexity index is 776. The highest BCUT2D eigenvalue weighted by Gasteiger charge is 2.21. The van der Waals surface area contributed by atoms with Crippen molar-refractivity contribution in [3.8, 4) is 5.75 Å². The van der Waals surface area contributed by atoms with Crippen LogP contribution >= 0.6 is 0 Å². The molecule has 0 radical (unpaired) electrons. The van der Waals surface area contributed by atoms with E-state index in [2.05, 4.69) is 0 Å². The summed E-state index contributed by atoms with van der Waals surface area (Å²) in [6, 6.07) is 2.93. The molecule has 5 heteroatoms. The molecular formula is C14H18N2O3. The first-order valence-electron chi connectivity index (χ1n) is 6.10. The zero-order chi connectivity index (χ0) is 14.5. The number of rotatable bonds is 0. The lowest BCUT2D eigenvalue weighted by Crippen LogP contribution is -2.45. The van der Waals surface area contributed by atoms with Gasteiger partial charge in [-0.15, -0.1) is 0 Å². The number of aryl methyl sites for hydroxylation is 1. The Kier molecular flexibility index (Phi) is 2.81. The molecule has 19 heavy (non-hydrogen) atoms. The average Bonchev–Trinajstić information content (AvgIpc) is 2.27. The number of fused-ring (bicyclic) bond motifs is 1. The molecule has 0 aliphatic heterocycles. The van der Waals surface area contributed by atoms with Gasteiger partial charge in [-0.2, -0.15) is 0 Å². The van der Waals surface area contributed by atoms with Gasteiger partial charge in [0.2, 0.25) is 0 Å². The number of hydrogen-bond acceptors (Lipinski definition) is 3. The van der Waals surface area contributed by atoms with Crippen molar-refractivity contribution in [2.75, 3.05) is 0 Å². The predicted molar refractivity (Wildman–Crippen MR) is 74.8 cm³/mol. The Hall–Kier alpha value is -2.04. The zero-order valence-electron chi connectivity index (χ0n) is 11.8. The average molecular weight is 262 g/mol. The molecule has 0 spiro atoms. The van der Waals surface area contributed by atoms with Crippen molar-refractivity contribution in [2.45, 2.75) is 33.2 Å². The van der Waals surface area contributed by atoms with Gasteiger partial charge in [0, 0.05) is 7.05 Å². The summed E-state index contributed by atoms with van der Waals surface area (Å²) in [5.74, 6) is 0.0262. The summed E-state index contributed by atoms with van der Waals surface area (Å²) in [6.07, 6.45) is 0. The van der Waals surface area contributed by atoms with Crippen LogP contribution in [0.2, 0.25) is 0 Å². The quantitative estimate of drug-likeness (QED) is 0.782. The Morgan fingerprint density at radius 2 is 1.58 bits per heavy atom. The van der Waals surface area contributed by atoms with Crippen LogP contribution in [0.1, 0.15) is 26.3 Å². The third-order valence-corrected chi connectivity index (χ3v) is 3.22. The molecule has 0 bridgehead atoms. The van der Waals surface area contributed by atoms with Crippen LogP contribution in [0, 0.1) is 6.92 Å². The van der Waals surface area contributed by atoms with E-state index in [0.29, 0.717) is 10.9 Å². The molecule has 0 amide bonds. The first-order valence-corrected chi connectivity index (χ1v) is 6.10. The standard InChI is InChI=1S/C14H18N2O3/c1-8-6-9-10(7-11(8)17)13(19)16(14(2,3)4)15(5)12(9)18/h6-7,17H,1-5H3. The molecule has 0 unspecified atom stereocenters. The summed E-state index contributed by atoms with van der Waals surface area (Å²) in [5, 5.41) is 10.3. The molecule has 1 aromatic carbocycles. The molecule has 2 aromatic rings. The van der Waals surface area contributed by atoms with E-state index in [1.54, 1.807) is 20.0 Å². The number of phenolic OH excluding ortho intramolecular Hbond substituents is 1. The number of benzene rings is 1. The fourth-order valence-electron chi connectivity index (χ4n) is 2.32. The van der Waals surface area contributed by atoms with Gasteiger partial charge in [-0.25, -0.2) is 9.36 Å². The third kappa shape index (κ3) is 1.95. The topological polar surface area (TPSA) is 64.2 Å². The molecule has 5 nitrogen and oxygen atoms in total. The largest absolute Gasteiger partial charge is 0.508 e. The van der Waals surface area contributed by atoms with E-state index in [1.807, 2.05) is 20.8 Å². The first kappa shape index (κ1) is 13.4.